The minimum Gasteiger partial charge on any atom is -0.507 e. The molecule has 0 fully saturated rings. The first kappa shape index (κ1) is 23.2. The number of rotatable bonds is 8. The van der Waals surface area contributed by atoms with E-state index < -0.39 is 0 Å². The van der Waals surface area contributed by atoms with E-state index in [4.69, 9.17) is 0 Å². The highest BCUT2D eigenvalue weighted by molar-refractivity contribution is 8.02. The summed E-state index contributed by atoms with van der Waals surface area (Å²) in [7, 11) is 1.43. The highest BCUT2D eigenvalue weighted by Crippen LogP contribution is 2.41. The van der Waals surface area contributed by atoms with E-state index >= 15 is 0 Å². The van der Waals surface area contributed by atoms with E-state index in [0.29, 0.717) is 12.2 Å². The smallest absolute Gasteiger partial charge is 0.305 e. The van der Waals surface area contributed by atoms with Crippen LogP contribution in [0.3, 0.4) is 0 Å². The molecular formula is C21H34O3S2. The third kappa shape index (κ3) is 7.43. The topological polar surface area (TPSA) is 46.5 Å². The Labute approximate surface area is 167 Å². The number of benzene rings is 1. The molecule has 1 N–H and O–H groups in total. The summed E-state index contributed by atoms with van der Waals surface area (Å²) in [6.07, 6.45) is 1.36. The summed E-state index contributed by atoms with van der Waals surface area (Å²) >= 11 is 3.70. The molecule has 26 heavy (non-hydrogen) atoms. The SMILES string of the molecule is COC(=O)CCCSCCSc1cc(C(C)(C)C)c(O)c(C(C)(C)C)c1. The van der Waals surface area contributed by atoms with Gasteiger partial charge in [-0.05, 0) is 35.1 Å². The molecule has 0 radical (unpaired) electrons. The number of methoxy groups -OCH3 is 1. The zero-order chi connectivity index (χ0) is 20.0. The maximum absolute atomic E-state index is 11.1. The van der Waals surface area contributed by atoms with Crippen LogP contribution in [-0.4, -0.2) is 35.4 Å². The minimum atomic E-state index is -0.131. The summed E-state index contributed by atoms with van der Waals surface area (Å²) in [4.78, 5) is 12.3. The highest BCUT2D eigenvalue weighted by Gasteiger charge is 2.26. The van der Waals surface area contributed by atoms with Gasteiger partial charge in [0.25, 0.3) is 0 Å². The van der Waals surface area contributed by atoms with Gasteiger partial charge in [0, 0.05) is 33.9 Å². The zero-order valence-corrected chi connectivity index (χ0v) is 18.9. The molecule has 3 nitrogen and oxygen atoms in total. The fourth-order valence-corrected chi connectivity index (χ4v) is 4.57. The van der Waals surface area contributed by atoms with Gasteiger partial charge in [0.05, 0.1) is 7.11 Å². The Bertz CT molecular complexity index is 563. The molecule has 0 aliphatic rings. The summed E-state index contributed by atoms with van der Waals surface area (Å²) in [5, 5.41) is 10.8. The van der Waals surface area contributed by atoms with Gasteiger partial charge in [-0.1, -0.05) is 41.5 Å². The van der Waals surface area contributed by atoms with E-state index in [1.165, 1.54) is 12.0 Å². The van der Waals surface area contributed by atoms with Gasteiger partial charge >= 0.3 is 5.97 Å². The molecule has 0 atom stereocenters. The lowest BCUT2D eigenvalue weighted by Gasteiger charge is -2.28. The van der Waals surface area contributed by atoms with E-state index in [0.717, 1.165) is 34.8 Å². The van der Waals surface area contributed by atoms with Gasteiger partial charge in [-0.2, -0.15) is 11.8 Å². The van der Waals surface area contributed by atoms with Crippen molar-refractivity contribution < 1.29 is 14.6 Å². The third-order valence-electron chi connectivity index (χ3n) is 4.09. The largest absolute Gasteiger partial charge is 0.507 e. The number of thioether (sulfide) groups is 2. The number of ether oxygens (including phenoxy) is 1. The first-order chi connectivity index (χ1) is 12.0. The molecule has 0 aliphatic carbocycles. The standard InChI is InChI=1S/C21H34O3S2/c1-20(2,3)16-13-15(14-17(19(16)23)21(4,5)6)26-12-11-25-10-8-9-18(22)24-7/h13-14,23H,8-12H2,1-7H3. The molecule has 0 saturated carbocycles. The second kappa shape index (κ2) is 9.93. The van der Waals surface area contributed by atoms with Crippen LogP contribution in [-0.2, 0) is 20.4 Å². The lowest BCUT2D eigenvalue weighted by Crippen LogP contribution is -2.17. The van der Waals surface area contributed by atoms with Crippen LogP contribution in [0.4, 0.5) is 0 Å². The number of carbonyl (C=O) groups excluding carboxylic acids is 1. The number of hydrogen-bond donors (Lipinski definition) is 1. The molecule has 1 aromatic rings. The molecule has 0 spiro atoms. The molecule has 0 bridgehead atoms. The number of carbonyl (C=O) groups is 1. The van der Waals surface area contributed by atoms with Crippen LogP contribution < -0.4 is 0 Å². The van der Waals surface area contributed by atoms with Gasteiger partial charge in [0.2, 0.25) is 0 Å². The molecule has 0 unspecified atom stereocenters. The summed E-state index contributed by atoms with van der Waals surface area (Å²) in [5.41, 5.74) is 1.84. The third-order valence-corrected chi connectivity index (χ3v) is 6.40. The summed E-state index contributed by atoms with van der Waals surface area (Å²) in [6.45, 7) is 12.8. The molecule has 0 aromatic heterocycles. The zero-order valence-electron chi connectivity index (χ0n) is 17.3. The van der Waals surface area contributed by atoms with Crippen molar-refractivity contribution in [2.45, 2.75) is 70.1 Å². The number of esters is 1. The van der Waals surface area contributed by atoms with E-state index in [-0.39, 0.29) is 16.8 Å². The fourth-order valence-electron chi connectivity index (χ4n) is 2.58. The quantitative estimate of drug-likeness (QED) is 0.342. The van der Waals surface area contributed by atoms with Gasteiger partial charge < -0.3 is 9.84 Å². The maximum Gasteiger partial charge on any atom is 0.305 e. The Hall–Kier alpha value is -0.810. The van der Waals surface area contributed by atoms with Crippen LogP contribution in [0.5, 0.6) is 5.75 Å². The normalized spacial score (nSPS) is 12.3. The van der Waals surface area contributed by atoms with Gasteiger partial charge in [-0.15, -0.1) is 11.8 Å². The van der Waals surface area contributed by atoms with E-state index in [9.17, 15) is 9.90 Å². The number of hydrogen-bond acceptors (Lipinski definition) is 5. The first-order valence-electron chi connectivity index (χ1n) is 9.12. The molecule has 5 heteroatoms. The lowest BCUT2D eigenvalue weighted by molar-refractivity contribution is -0.140. The summed E-state index contributed by atoms with van der Waals surface area (Å²) < 4.78 is 4.65. The number of phenols is 1. The Morgan fingerprint density at radius 3 is 2.00 bits per heavy atom. The van der Waals surface area contributed by atoms with Crippen LogP contribution in [0, 0.1) is 0 Å². The summed E-state index contributed by atoms with van der Waals surface area (Å²) in [6, 6.07) is 4.27. The fraction of sp³-hybridized carbons (Fsp3) is 0.667. The van der Waals surface area contributed by atoms with Gasteiger partial charge in [-0.25, -0.2) is 0 Å². The molecule has 0 saturated heterocycles. The van der Waals surface area contributed by atoms with Crippen molar-refractivity contribution in [2.75, 3.05) is 24.4 Å². The van der Waals surface area contributed by atoms with Crippen molar-refractivity contribution in [3.63, 3.8) is 0 Å². The predicted molar refractivity (Wildman–Crippen MR) is 115 cm³/mol. The summed E-state index contributed by atoms with van der Waals surface area (Å²) in [5.74, 6) is 3.34. The second-order valence-electron chi connectivity index (χ2n) is 8.51. The maximum atomic E-state index is 11.1. The average Bonchev–Trinajstić information content (AvgIpc) is 2.52. The number of phenolic OH excluding ortho intramolecular Hbond substituents is 1. The van der Waals surface area contributed by atoms with Gasteiger partial charge in [0.1, 0.15) is 5.75 Å². The Morgan fingerprint density at radius 1 is 1.00 bits per heavy atom. The van der Waals surface area contributed by atoms with Crippen molar-refractivity contribution in [1.29, 1.82) is 0 Å². The second-order valence-corrected chi connectivity index (χ2v) is 10.9. The Kier molecular flexibility index (Phi) is 8.87. The molecular weight excluding hydrogens is 364 g/mol. The molecule has 0 aliphatic heterocycles. The van der Waals surface area contributed by atoms with Crippen LogP contribution in [0.15, 0.2) is 17.0 Å². The monoisotopic (exact) mass is 398 g/mol. The lowest BCUT2D eigenvalue weighted by atomic mass is 9.79. The van der Waals surface area contributed by atoms with Crippen molar-refractivity contribution in [3.05, 3.63) is 23.3 Å². The molecule has 0 heterocycles. The highest BCUT2D eigenvalue weighted by atomic mass is 32.2. The van der Waals surface area contributed by atoms with E-state index in [1.54, 1.807) is 0 Å². The molecule has 148 valence electrons. The predicted octanol–water partition coefficient (Wildman–Crippen LogP) is 5.77. The van der Waals surface area contributed by atoms with Crippen molar-refractivity contribution >= 4 is 29.5 Å². The van der Waals surface area contributed by atoms with Gasteiger partial charge in [-0.3, -0.25) is 4.79 Å². The number of aromatic hydroxyl groups is 1. The van der Waals surface area contributed by atoms with Crippen LogP contribution in [0.25, 0.3) is 0 Å². The molecule has 1 aromatic carbocycles. The van der Waals surface area contributed by atoms with Crippen LogP contribution in [0.1, 0.15) is 65.5 Å². The minimum absolute atomic E-state index is 0.0940. The molecule has 0 amide bonds. The average molecular weight is 399 g/mol. The van der Waals surface area contributed by atoms with Crippen LogP contribution >= 0.6 is 23.5 Å². The van der Waals surface area contributed by atoms with Crippen molar-refractivity contribution in [3.8, 4) is 5.75 Å². The molecule has 1 rings (SSSR count). The van der Waals surface area contributed by atoms with Crippen LogP contribution in [0.2, 0.25) is 0 Å². The Balaban J connectivity index is 2.68. The Morgan fingerprint density at radius 2 is 1.54 bits per heavy atom. The van der Waals surface area contributed by atoms with Gasteiger partial charge in [0.15, 0.2) is 0 Å². The van der Waals surface area contributed by atoms with Crippen molar-refractivity contribution in [1.82, 2.24) is 0 Å². The van der Waals surface area contributed by atoms with E-state index in [2.05, 4.69) is 58.4 Å². The first-order valence-corrected chi connectivity index (χ1v) is 11.3. The van der Waals surface area contributed by atoms with Crippen molar-refractivity contribution in [2.24, 2.45) is 0 Å². The van der Waals surface area contributed by atoms with E-state index in [1.807, 2.05) is 23.5 Å².